The lowest BCUT2D eigenvalue weighted by Crippen LogP contribution is -2.31. The maximum atomic E-state index is 11.6. The van der Waals surface area contributed by atoms with E-state index in [-0.39, 0.29) is 11.9 Å². The monoisotopic (exact) mass is 250 g/mol. The van der Waals surface area contributed by atoms with Crippen molar-refractivity contribution in [3.63, 3.8) is 0 Å². The average Bonchev–Trinajstić information content (AvgIpc) is 2.96. The number of hydrogen-bond donors (Lipinski definition) is 2. The molecule has 100 valence electrons. The molecule has 2 heterocycles. The minimum absolute atomic E-state index is 0.101. The van der Waals surface area contributed by atoms with Crippen molar-refractivity contribution in [1.29, 1.82) is 0 Å². The van der Waals surface area contributed by atoms with Crippen molar-refractivity contribution in [3.8, 4) is 0 Å². The van der Waals surface area contributed by atoms with E-state index >= 15 is 0 Å². The van der Waals surface area contributed by atoms with Crippen LogP contribution in [-0.4, -0.2) is 28.0 Å². The summed E-state index contributed by atoms with van der Waals surface area (Å²) in [7, 11) is 0. The Balaban J connectivity index is 1.89. The van der Waals surface area contributed by atoms with E-state index in [4.69, 9.17) is 0 Å². The Morgan fingerprint density at radius 2 is 2.50 bits per heavy atom. The number of carbonyl (C=O) groups excluding carboxylic acids is 1. The third kappa shape index (κ3) is 3.32. The molecule has 1 fully saturated rings. The molecule has 1 aromatic rings. The quantitative estimate of drug-likeness (QED) is 0.826. The summed E-state index contributed by atoms with van der Waals surface area (Å²) in [6.45, 7) is 5.72. The molecular formula is C13H22N4O. The normalized spacial score (nSPS) is 19.4. The van der Waals surface area contributed by atoms with Crippen LogP contribution in [0.4, 0.5) is 0 Å². The predicted molar refractivity (Wildman–Crippen MR) is 70.1 cm³/mol. The fourth-order valence-corrected chi connectivity index (χ4v) is 2.36. The van der Waals surface area contributed by atoms with Gasteiger partial charge >= 0.3 is 0 Å². The first-order chi connectivity index (χ1) is 8.66. The van der Waals surface area contributed by atoms with Crippen LogP contribution in [0.3, 0.4) is 0 Å². The van der Waals surface area contributed by atoms with Crippen molar-refractivity contribution in [2.24, 2.45) is 0 Å². The van der Waals surface area contributed by atoms with Crippen molar-refractivity contribution in [2.45, 2.75) is 51.7 Å². The van der Waals surface area contributed by atoms with Gasteiger partial charge in [0.25, 0.3) is 0 Å². The molecule has 0 unspecified atom stereocenters. The number of nitrogens with zero attached hydrogens (tertiary/aromatic N) is 2. The van der Waals surface area contributed by atoms with E-state index in [1.165, 1.54) is 12.1 Å². The summed E-state index contributed by atoms with van der Waals surface area (Å²) in [4.78, 5) is 15.8. The maximum Gasteiger partial charge on any atom is 0.221 e. The molecular weight excluding hydrogens is 228 g/mol. The standard InChI is InChI=1S/C13H22N4O/c1-10(2)16-13(18)5-7-17-9-14-8-12(17)11-4-3-6-15-11/h8-11,15H,3-7H2,1-2H3,(H,16,18)/t11-/m0/s1. The number of imidazole rings is 1. The Kier molecular flexibility index (Phi) is 4.36. The molecule has 18 heavy (non-hydrogen) atoms. The summed E-state index contributed by atoms with van der Waals surface area (Å²) in [5.41, 5.74) is 1.20. The number of rotatable bonds is 5. The third-order valence-electron chi connectivity index (χ3n) is 3.19. The number of carbonyl (C=O) groups is 1. The zero-order valence-corrected chi connectivity index (χ0v) is 11.1. The number of aromatic nitrogens is 2. The summed E-state index contributed by atoms with van der Waals surface area (Å²) >= 11 is 0. The largest absolute Gasteiger partial charge is 0.354 e. The first-order valence-electron chi connectivity index (χ1n) is 6.69. The van der Waals surface area contributed by atoms with Crippen LogP contribution in [0.15, 0.2) is 12.5 Å². The predicted octanol–water partition coefficient (Wildman–Crippen LogP) is 1.22. The van der Waals surface area contributed by atoms with Gasteiger partial charge in [0.15, 0.2) is 0 Å². The highest BCUT2D eigenvalue weighted by Crippen LogP contribution is 2.22. The maximum absolute atomic E-state index is 11.6. The van der Waals surface area contributed by atoms with Crippen molar-refractivity contribution in [3.05, 3.63) is 18.2 Å². The Morgan fingerprint density at radius 3 is 3.17 bits per heavy atom. The lowest BCUT2D eigenvalue weighted by Gasteiger charge is -2.14. The van der Waals surface area contributed by atoms with E-state index < -0.39 is 0 Å². The van der Waals surface area contributed by atoms with Crippen LogP contribution in [0.2, 0.25) is 0 Å². The number of aryl methyl sites for hydroxylation is 1. The third-order valence-corrected chi connectivity index (χ3v) is 3.19. The van der Waals surface area contributed by atoms with E-state index in [9.17, 15) is 4.79 Å². The number of hydrogen-bond acceptors (Lipinski definition) is 3. The fourth-order valence-electron chi connectivity index (χ4n) is 2.36. The van der Waals surface area contributed by atoms with Crippen molar-refractivity contribution in [1.82, 2.24) is 20.2 Å². The Morgan fingerprint density at radius 1 is 1.67 bits per heavy atom. The van der Waals surface area contributed by atoms with Gasteiger partial charge in [-0.1, -0.05) is 0 Å². The molecule has 1 atom stereocenters. The van der Waals surface area contributed by atoms with Gasteiger partial charge in [-0.2, -0.15) is 0 Å². The molecule has 2 N–H and O–H groups in total. The van der Waals surface area contributed by atoms with Gasteiger partial charge in [0.2, 0.25) is 5.91 Å². The van der Waals surface area contributed by atoms with Crippen LogP contribution < -0.4 is 10.6 Å². The van der Waals surface area contributed by atoms with Gasteiger partial charge in [-0.3, -0.25) is 4.79 Å². The molecule has 2 rings (SSSR count). The van der Waals surface area contributed by atoms with E-state index in [1.54, 1.807) is 0 Å². The molecule has 5 nitrogen and oxygen atoms in total. The summed E-state index contributed by atoms with van der Waals surface area (Å²) in [5.74, 6) is 0.101. The molecule has 0 spiro atoms. The van der Waals surface area contributed by atoms with Crippen LogP contribution in [0.25, 0.3) is 0 Å². The summed E-state index contributed by atoms with van der Waals surface area (Å²) in [6.07, 6.45) is 6.60. The van der Waals surface area contributed by atoms with E-state index in [2.05, 4.69) is 20.2 Å². The van der Waals surface area contributed by atoms with E-state index in [1.807, 2.05) is 26.4 Å². The zero-order valence-electron chi connectivity index (χ0n) is 11.1. The van der Waals surface area contributed by atoms with Gasteiger partial charge < -0.3 is 15.2 Å². The SMILES string of the molecule is CC(C)NC(=O)CCn1cncc1[C@@H]1CCCN1. The van der Waals surface area contributed by atoms with Crippen molar-refractivity contribution < 1.29 is 4.79 Å². The first kappa shape index (κ1) is 13.1. The van der Waals surface area contributed by atoms with Crippen LogP contribution in [-0.2, 0) is 11.3 Å². The van der Waals surface area contributed by atoms with Crippen molar-refractivity contribution >= 4 is 5.91 Å². The molecule has 0 aromatic carbocycles. The number of amides is 1. The lowest BCUT2D eigenvalue weighted by atomic mass is 10.2. The van der Waals surface area contributed by atoms with Gasteiger partial charge in [-0.05, 0) is 33.2 Å². The minimum atomic E-state index is 0.101. The van der Waals surface area contributed by atoms with E-state index in [0.29, 0.717) is 19.0 Å². The second kappa shape index (κ2) is 6.00. The van der Waals surface area contributed by atoms with E-state index in [0.717, 1.165) is 13.0 Å². The molecule has 0 saturated carbocycles. The zero-order chi connectivity index (χ0) is 13.0. The lowest BCUT2D eigenvalue weighted by molar-refractivity contribution is -0.121. The molecule has 1 aliphatic heterocycles. The van der Waals surface area contributed by atoms with Crippen LogP contribution in [0, 0.1) is 0 Å². The second-order valence-corrected chi connectivity index (χ2v) is 5.13. The molecule has 1 saturated heterocycles. The molecule has 0 radical (unpaired) electrons. The molecule has 0 bridgehead atoms. The van der Waals surface area contributed by atoms with Gasteiger partial charge in [0.1, 0.15) is 0 Å². The van der Waals surface area contributed by atoms with Crippen LogP contribution in [0.1, 0.15) is 44.8 Å². The number of nitrogens with one attached hydrogen (secondary N) is 2. The summed E-state index contributed by atoms with van der Waals surface area (Å²) in [6, 6.07) is 0.608. The first-order valence-corrected chi connectivity index (χ1v) is 6.69. The Bertz CT molecular complexity index is 393. The average molecular weight is 250 g/mol. The second-order valence-electron chi connectivity index (χ2n) is 5.13. The Labute approximate surface area is 108 Å². The molecule has 1 amide bonds. The van der Waals surface area contributed by atoms with Gasteiger partial charge in [0.05, 0.1) is 12.0 Å². The van der Waals surface area contributed by atoms with Crippen LogP contribution in [0.5, 0.6) is 0 Å². The van der Waals surface area contributed by atoms with Crippen LogP contribution >= 0.6 is 0 Å². The molecule has 1 aliphatic rings. The smallest absolute Gasteiger partial charge is 0.221 e. The summed E-state index contributed by atoms with van der Waals surface area (Å²) < 4.78 is 2.09. The molecule has 5 heteroatoms. The minimum Gasteiger partial charge on any atom is -0.354 e. The summed E-state index contributed by atoms with van der Waals surface area (Å²) in [5, 5.41) is 6.36. The topological polar surface area (TPSA) is 59.0 Å². The highest BCUT2D eigenvalue weighted by Gasteiger charge is 2.19. The van der Waals surface area contributed by atoms with Gasteiger partial charge in [-0.25, -0.2) is 4.98 Å². The fraction of sp³-hybridized carbons (Fsp3) is 0.692. The van der Waals surface area contributed by atoms with Gasteiger partial charge in [0, 0.05) is 31.2 Å². The highest BCUT2D eigenvalue weighted by molar-refractivity contribution is 5.76. The highest BCUT2D eigenvalue weighted by atomic mass is 16.1. The van der Waals surface area contributed by atoms with Crippen molar-refractivity contribution in [2.75, 3.05) is 6.54 Å². The van der Waals surface area contributed by atoms with Gasteiger partial charge in [-0.15, -0.1) is 0 Å². The molecule has 1 aromatic heterocycles. The molecule has 0 aliphatic carbocycles. The Hall–Kier alpha value is -1.36.